The topological polar surface area (TPSA) is 102 Å². The van der Waals surface area contributed by atoms with E-state index in [9.17, 15) is 4.79 Å². The van der Waals surface area contributed by atoms with E-state index < -0.39 is 0 Å². The number of amides is 1. The molecule has 11 heteroatoms. The second-order valence-corrected chi connectivity index (χ2v) is 10.4. The van der Waals surface area contributed by atoms with Gasteiger partial charge in [-0.2, -0.15) is 0 Å². The maximum atomic E-state index is 12.4. The highest BCUT2D eigenvalue weighted by atomic mass is 32.2. The van der Waals surface area contributed by atoms with Gasteiger partial charge in [-0.3, -0.25) is 4.79 Å². The van der Waals surface area contributed by atoms with Gasteiger partial charge in [0.2, 0.25) is 0 Å². The van der Waals surface area contributed by atoms with Gasteiger partial charge < -0.3 is 33.7 Å². The Labute approximate surface area is 233 Å². The number of hydrogen-bond donors (Lipinski definition) is 1. The van der Waals surface area contributed by atoms with Crippen molar-refractivity contribution in [3.63, 3.8) is 0 Å². The zero-order valence-electron chi connectivity index (χ0n) is 22.4. The zero-order chi connectivity index (χ0) is 27.0. The molecule has 1 aromatic carbocycles. The quantitative estimate of drug-likeness (QED) is 0.279. The van der Waals surface area contributed by atoms with E-state index in [2.05, 4.69) is 32.2 Å². The number of nitrogens with zero attached hydrogens (tertiary/aromatic N) is 4. The summed E-state index contributed by atoms with van der Waals surface area (Å²) in [6.07, 6.45) is 2.11. The average molecular weight is 554 g/mol. The Hall–Kier alpha value is -3.28. The molecule has 0 aliphatic carbocycles. The predicted octanol–water partition coefficient (Wildman–Crippen LogP) is 3.75. The molecule has 208 valence electrons. The first-order chi connectivity index (χ1) is 19.1. The molecule has 0 saturated carbocycles. The van der Waals surface area contributed by atoms with E-state index in [1.807, 2.05) is 24.3 Å². The average Bonchev–Trinajstić information content (AvgIpc) is 3.68. The van der Waals surface area contributed by atoms with Crippen LogP contribution in [0.25, 0.3) is 0 Å². The molecule has 0 spiro atoms. The van der Waals surface area contributed by atoms with Gasteiger partial charge in [-0.1, -0.05) is 11.8 Å². The molecule has 0 radical (unpaired) electrons. The van der Waals surface area contributed by atoms with Gasteiger partial charge in [0, 0.05) is 58.2 Å². The summed E-state index contributed by atoms with van der Waals surface area (Å²) in [5.74, 6) is 3.03. The van der Waals surface area contributed by atoms with Crippen molar-refractivity contribution in [3.05, 3.63) is 59.7 Å². The molecular weight excluding hydrogens is 518 g/mol. The lowest BCUT2D eigenvalue weighted by atomic mass is 10.2. The summed E-state index contributed by atoms with van der Waals surface area (Å²) in [6.45, 7) is 5.15. The van der Waals surface area contributed by atoms with E-state index in [0.717, 1.165) is 62.9 Å². The second kappa shape index (κ2) is 13.2. The molecule has 2 saturated heterocycles. The molecule has 1 unspecified atom stereocenters. The molecule has 3 aromatic rings. The van der Waals surface area contributed by atoms with Crippen LogP contribution in [0.2, 0.25) is 0 Å². The number of anilines is 2. The molecule has 1 N–H and O–H groups in total. The van der Waals surface area contributed by atoms with Crippen molar-refractivity contribution in [3.8, 4) is 5.75 Å². The van der Waals surface area contributed by atoms with Crippen molar-refractivity contribution >= 4 is 29.2 Å². The summed E-state index contributed by atoms with van der Waals surface area (Å²) in [7, 11) is 3.34. The van der Waals surface area contributed by atoms with Crippen LogP contribution in [0.3, 0.4) is 0 Å². The third kappa shape index (κ3) is 7.23. The fourth-order valence-corrected chi connectivity index (χ4v) is 5.47. The highest BCUT2D eigenvalue weighted by Gasteiger charge is 2.21. The largest absolute Gasteiger partial charge is 0.497 e. The molecule has 2 fully saturated rings. The van der Waals surface area contributed by atoms with Gasteiger partial charge in [0.05, 0.1) is 31.3 Å². The number of ether oxygens (including phenoxy) is 3. The molecule has 1 atom stereocenters. The van der Waals surface area contributed by atoms with Gasteiger partial charge >= 0.3 is 0 Å². The number of nitrogens with one attached hydrogen (secondary N) is 1. The van der Waals surface area contributed by atoms with E-state index in [0.29, 0.717) is 35.6 Å². The Morgan fingerprint density at radius 2 is 1.87 bits per heavy atom. The molecule has 1 amide bonds. The predicted molar refractivity (Wildman–Crippen MR) is 150 cm³/mol. The first-order valence-corrected chi connectivity index (χ1v) is 14.2. The van der Waals surface area contributed by atoms with Crippen molar-refractivity contribution in [1.29, 1.82) is 0 Å². The number of methoxy groups -OCH3 is 2. The molecule has 0 bridgehead atoms. The van der Waals surface area contributed by atoms with E-state index in [-0.39, 0.29) is 12.0 Å². The standard InChI is InChI=1S/C28H35N5O5S/c1-35-18-20-16-26(33-13-11-32(12-14-33)21-5-7-22(36-2)8-6-21)31-28(30-20)39-19-24-9-10-25(38-24)27(34)29-17-23-4-3-15-37-23/h5-10,16,23H,3-4,11-15,17-19H2,1-2H3,(H,29,34). The van der Waals surface area contributed by atoms with Crippen LogP contribution < -0.4 is 19.9 Å². The third-order valence-corrected chi connectivity index (χ3v) is 7.69. The molecule has 2 aromatic heterocycles. The minimum Gasteiger partial charge on any atom is -0.497 e. The number of piperazine rings is 1. The Morgan fingerprint density at radius 1 is 1.08 bits per heavy atom. The number of benzene rings is 1. The first kappa shape index (κ1) is 27.3. The minimum absolute atomic E-state index is 0.0927. The van der Waals surface area contributed by atoms with E-state index in [4.69, 9.17) is 23.6 Å². The number of hydrogen-bond acceptors (Lipinski definition) is 10. The van der Waals surface area contributed by atoms with Crippen molar-refractivity contribution in [2.75, 3.05) is 63.4 Å². The maximum absolute atomic E-state index is 12.4. The van der Waals surface area contributed by atoms with E-state index in [1.54, 1.807) is 20.3 Å². The number of rotatable bonds is 11. The van der Waals surface area contributed by atoms with Gasteiger partial charge in [-0.25, -0.2) is 9.97 Å². The molecular formula is C28H35N5O5S. The van der Waals surface area contributed by atoms with Crippen LogP contribution in [0.4, 0.5) is 11.5 Å². The lowest BCUT2D eigenvalue weighted by molar-refractivity contribution is 0.0834. The summed E-state index contributed by atoms with van der Waals surface area (Å²) >= 11 is 1.48. The van der Waals surface area contributed by atoms with Gasteiger partial charge in [0.25, 0.3) is 5.91 Å². The van der Waals surface area contributed by atoms with Gasteiger partial charge in [0.15, 0.2) is 10.9 Å². The summed E-state index contributed by atoms with van der Waals surface area (Å²) in [6, 6.07) is 13.7. The molecule has 10 nitrogen and oxygen atoms in total. The SMILES string of the molecule is COCc1cc(N2CCN(c3ccc(OC)cc3)CC2)nc(SCc2ccc(C(=O)NCC3CCCO3)o2)n1. The lowest BCUT2D eigenvalue weighted by Gasteiger charge is -2.37. The molecule has 2 aliphatic heterocycles. The third-order valence-electron chi connectivity index (χ3n) is 6.82. The van der Waals surface area contributed by atoms with Crippen LogP contribution >= 0.6 is 11.8 Å². The minimum atomic E-state index is -0.226. The Morgan fingerprint density at radius 3 is 2.59 bits per heavy atom. The van der Waals surface area contributed by atoms with Crippen molar-refractivity contribution < 1.29 is 23.4 Å². The summed E-state index contributed by atoms with van der Waals surface area (Å²) in [5, 5.41) is 3.55. The van der Waals surface area contributed by atoms with E-state index >= 15 is 0 Å². The summed E-state index contributed by atoms with van der Waals surface area (Å²) in [4.78, 5) is 26.6. The smallest absolute Gasteiger partial charge is 0.287 e. The molecule has 39 heavy (non-hydrogen) atoms. The molecule has 4 heterocycles. The van der Waals surface area contributed by atoms with Crippen molar-refractivity contribution in [1.82, 2.24) is 15.3 Å². The highest BCUT2D eigenvalue weighted by Crippen LogP contribution is 2.26. The van der Waals surface area contributed by atoms with Crippen LogP contribution in [0.5, 0.6) is 5.75 Å². The van der Waals surface area contributed by atoms with Crippen molar-refractivity contribution in [2.24, 2.45) is 0 Å². The second-order valence-electron chi connectivity index (χ2n) is 9.50. The van der Waals surface area contributed by atoms with Gasteiger partial charge in [-0.05, 0) is 49.2 Å². The fourth-order valence-electron chi connectivity index (χ4n) is 4.71. The van der Waals surface area contributed by atoms with Crippen LogP contribution in [-0.4, -0.2) is 75.5 Å². The normalized spacial score (nSPS) is 17.4. The lowest BCUT2D eigenvalue weighted by Crippen LogP contribution is -2.46. The highest BCUT2D eigenvalue weighted by molar-refractivity contribution is 7.98. The Balaban J connectivity index is 1.18. The Bertz CT molecular complexity index is 1220. The van der Waals surface area contributed by atoms with Crippen LogP contribution in [0.15, 0.2) is 52.0 Å². The number of thioether (sulfide) groups is 1. The monoisotopic (exact) mass is 553 g/mol. The number of furan rings is 1. The number of carbonyl (C=O) groups excluding carboxylic acids is 1. The molecule has 2 aliphatic rings. The Kier molecular flexibility index (Phi) is 9.23. The summed E-state index contributed by atoms with van der Waals surface area (Å²) < 4.78 is 22.0. The van der Waals surface area contributed by atoms with E-state index in [1.165, 1.54) is 17.4 Å². The van der Waals surface area contributed by atoms with Crippen LogP contribution in [0.1, 0.15) is 34.9 Å². The van der Waals surface area contributed by atoms with Crippen LogP contribution in [-0.2, 0) is 21.8 Å². The van der Waals surface area contributed by atoms with Crippen molar-refractivity contribution in [2.45, 2.75) is 36.5 Å². The van der Waals surface area contributed by atoms with Gasteiger partial charge in [-0.15, -0.1) is 0 Å². The summed E-state index contributed by atoms with van der Waals surface area (Å²) in [5.41, 5.74) is 2.02. The van der Waals surface area contributed by atoms with Crippen LogP contribution in [0, 0.1) is 0 Å². The number of aromatic nitrogens is 2. The first-order valence-electron chi connectivity index (χ1n) is 13.2. The van der Waals surface area contributed by atoms with Gasteiger partial charge in [0.1, 0.15) is 17.3 Å². The number of carbonyl (C=O) groups is 1. The maximum Gasteiger partial charge on any atom is 0.287 e. The molecule has 5 rings (SSSR count). The zero-order valence-corrected chi connectivity index (χ0v) is 23.2. The fraction of sp³-hybridized carbons (Fsp3) is 0.464.